The van der Waals surface area contributed by atoms with E-state index in [9.17, 15) is 4.79 Å². The number of halogens is 1. The molecule has 0 saturated carbocycles. The summed E-state index contributed by atoms with van der Waals surface area (Å²) < 4.78 is 1.13. The molecule has 0 unspecified atom stereocenters. The second kappa shape index (κ2) is 3.13. The molecule has 2 aromatic rings. The summed E-state index contributed by atoms with van der Waals surface area (Å²) >= 11 is 7.55. The summed E-state index contributed by atoms with van der Waals surface area (Å²) in [7, 11) is 0. The number of aryl methyl sites for hydroxylation is 1. The molecule has 3 heteroatoms. The van der Waals surface area contributed by atoms with Gasteiger partial charge in [0.2, 0.25) is 0 Å². The molecule has 0 aliphatic carbocycles. The number of aldehydes is 1. The molecular formula is C10H7ClOS. The largest absolute Gasteiger partial charge is 0.298 e. The lowest BCUT2D eigenvalue weighted by molar-refractivity contribution is 0.112. The maximum absolute atomic E-state index is 10.7. The van der Waals surface area contributed by atoms with Crippen molar-refractivity contribution < 1.29 is 4.79 Å². The van der Waals surface area contributed by atoms with Crippen LogP contribution in [0.3, 0.4) is 0 Å². The van der Waals surface area contributed by atoms with E-state index in [1.807, 2.05) is 24.4 Å². The Balaban J connectivity index is 2.84. The third kappa shape index (κ3) is 1.36. The SMILES string of the molecule is Cc1cc2scc(Cl)c2cc1C=O. The van der Waals surface area contributed by atoms with Gasteiger partial charge in [-0.3, -0.25) is 4.79 Å². The Labute approximate surface area is 84.9 Å². The first-order chi connectivity index (χ1) is 6.22. The fraction of sp³-hybridized carbons (Fsp3) is 0.100. The van der Waals surface area contributed by atoms with Crippen LogP contribution in [0.1, 0.15) is 15.9 Å². The molecule has 1 heterocycles. The van der Waals surface area contributed by atoms with Crippen LogP contribution in [0.5, 0.6) is 0 Å². The van der Waals surface area contributed by atoms with Crippen LogP contribution < -0.4 is 0 Å². The highest BCUT2D eigenvalue weighted by molar-refractivity contribution is 7.17. The number of carbonyl (C=O) groups excluding carboxylic acids is 1. The molecule has 0 saturated heterocycles. The average molecular weight is 211 g/mol. The molecular weight excluding hydrogens is 204 g/mol. The first-order valence-corrected chi connectivity index (χ1v) is 5.10. The van der Waals surface area contributed by atoms with E-state index < -0.39 is 0 Å². The van der Waals surface area contributed by atoms with E-state index in [1.165, 1.54) is 0 Å². The number of thiophene rings is 1. The van der Waals surface area contributed by atoms with Gasteiger partial charge in [0, 0.05) is 21.0 Å². The summed E-state index contributed by atoms with van der Waals surface area (Å²) in [4.78, 5) is 10.7. The highest BCUT2D eigenvalue weighted by atomic mass is 35.5. The Morgan fingerprint density at radius 3 is 2.92 bits per heavy atom. The predicted octanol–water partition coefficient (Wildman–Crippen LogP) is 3.68. The Kier molecular flexibility index (Phi) is 2.10. The van der Waals surface area contributed by atoms with Crippen molar-refractivity contribution in [2.75, 3.05) is 0 Å². The minimum absolute atomic E-state index is 0.716. The lowest BCUT2D eigenvalue weighted by Gasteiger charge is -1.98. The molecule has 0 radical (unpaired) electrons. The van der Waals surface area contributed by atoms with Gasteiger partial charge in [-0.1, -0.05) is 11.6 Å². The van der Waals surface area contributed by atoms with Crippen molar-refractivity contribution in [1.29, 1.82) is 0 Å². The minimum Gasteiger partial charge on any atom is -0.298 e. The highest BCUT2D eigenvalue weighted by Gasteiger charge is 2.05. The molecule has 1 aromatic carbocycles. The number of hydrogen-bond donors (Lipinski definition) is 0. The van der Waals surface area contributed by atoms with Gasteiger partial charge in [0.15, 0.2) is 0 Å². The maximum atomic E-state index is 10.7. The maximum Gasteiger partial charge on any atom is 0.150 e. The molecule has 0 spiro atoms. The molecule has 13 heavy (non-hydrogen) atoms. The average Bonchev–Trinajstić information content (AvgIpc) is 2.46. The first-order valence-electron chi connectivity index (χ1n) is 3.85. The fourth-order valence-electron chi connectivity index (χ4n) is 1.29. The lowest BCUT2D eigenvalue weighted by Crippen LogP contribution is -1.84. The van der Waals surface area contributed by atoms with Gasteiger partial charge in [-0.2, -0.15) is 0 Å². The van der Waals surface area contributed by atoms with Crippen LogP contribution in [0.4, 0.5) is 0 Å². The molecule has 0 aliphatic heterocycles. The van der Waals surface area contributed by atoms with E-state index in [1.54, 1.807) is 11.3 Å². The summed E-state index contributed by atoms with van der Waals surface area (Å²) in [6.45, 7) is 1.93. The van der Waals surface area contributed by atoms with Crippen molar-refractivity contribution in [1.82, 2.24) is 0 Å². The Morgan fingerprint density at radius 2 is 2.23 bits per heavy atom. The van der Waals surface area contributed by atoms with Crippen LogP contribution in [0.15, 0.2) is 17.5 Å². The zero-order valence-corrected chi connectivity index (χ0v) is 8.58. The summed E-state index contributed by atoms with van der Waals surface area (Å²) in [6.07, 6.45) is 0.864. The Morgan fingerprint density at radius 1 is 1.46 bits per heavy atom. The molecule has 1 nitrogen and oxygen atoms in total. The van der Waals surface area contributed by atoms with Crippen LogP contribution in [-0.4, -0.2) is 6.29 Å². The molecule has 0 N–H and O–H groups in total. The van der Waals surface area contributed by atoms with E-state index in [0.717, 1.165) is 27.0 Å². The standard InChI is InChI=1S/C10H7ClOS/c1-6-2-10-8(3-7(6)4-12)9(11)5-13-10/h2-5H,1H3. The smallest absolute Gasteiger partial charge is 0.150 e. The number of rotatable bonds is 1. The fourth-order valence-corrected chi connectivity index (χ4v) is 2.53. The number of benzene rings is 1. The summed E-state index contributed by atoms with van der Waals surface area (Å²) in [6, 6.07) is 3.84. The molecule has 2 rings (SSSR count). The van der Waals surface area contributed by atoms with Gasteiger partial charge >= 0.3 is 0 Å². The quantitative estimate of drug-likeness (QED) is 0.657. The molecule has 0 aliphatic rings. The van der Waals surface area contributed by atoms with E-state index in [4.69, 9.17) is 11.6 Å². The van der Waals surface area contributed by atoms with Crippen LogP contribution >= 0.6 is 22.9 Å². The lowest BCUT2D eigenvalue weighted by atomic mass is 10.1. The summed E-state index contributed by atoms with van der Waals surface area (Å²) in [5.74, 6) is 0. The summed E-state index contributed by atoms with van der Waals surface area (Å²) in [5.41, 5.74) is 1.72. The van der Waals surface area contributed by atoms with Gasteiger partial charge in [-0.05, 0) is 24.6 Å². The zero-order valence-electron chi connectivity index (χ0n) is 7.00. The highest BCUT2D eigenvalue weighted by Crippen LogP contribution is 2.31. The van der Waals surface area contributed by atoms with Gasteiger partial charge in [0.05, 0.1) is 5.02 Å². The van der Waals surface area contributed by atoms with Crippen LogP contribution in [0.2, 0.25) is 5.02 Å². The van der Waals surface area contributed by atoms with Gasteiger partial charge < -0.3 is 0 Å². The Bertz CT molecular complexity index is 473. The molecule has 0 bridgehead atoms. The van der Waals surface area contributed by atoms with Crippen LogP contribution in [0.25, 0.3) is 10.1 Å². The topological polar surface area (TPSA) is 17.1 Å². The van der Waals surface area contributed by atoms with Gasteiger partial charge in [-0.15, -0.1) is 11.3 Å². The zero-order chi connectivity index (χ0) is 9.42. The monoisotopic (exact) mass is 210 g/mol. The second-order valence-corrected chi connectivity index (χ2v) is 4.22. The molecule has 0 atom stereocenters. The van der Waals surface area contributed by atoms with E-state index in [0.29, 0.717) is 5.56 Å². The summed E-state index contributed by atoms with van der Waals surface area (Å²) in [5, 5.41) is 3.59. The Hall–Kier alpha value is -0.860. The van der Waals surface area contributed by atoms with Gasteiger partial charge in [0.25, 0.3) is 0 Å². The third-order valence-corrected chi connectivity index (χ3v) is 3.43. The number of fused-ring (bicyclic) bond motifs is 1. The van der Waals surface area contributed by atoms with E-state index in [2.05, 4.69) is 0 Å². The third-order valence-electron chi connectivity index (χ3n) is 2.04. The molecule has 0 fully saturated rings. The normalized spacial score (nSPS) is 10.6. The number of hydrogen-bond acceptors (Lipinski definition) is 2. The van der Waals surface area contributed by atoms with E-state index in [-0.39, 0.29) is 0 Å². The predicted molar refractivity (Wildman–Crippen MR) is 57.0 cm³/mol. The van der Waals surface area contributed by atoms with Crippen molar-refractivity contribution in [3.63, 3.8) is 0 Å². The van der Waals surface area contributed by atoms with Crippen LogP contribution in [-0.2, 0) is 0 Å². The van der Waals surface area contributed by atoms with Crippen molar-refractivity contribution >= 4 is 39.3 Å². The van der Waals surface area contributed by atoms with Crippen molar-refractivity contribution in [3.8, 4) is 0 Å². The van der Waals surface area contributed by atoms with Gasteiger partial charge in [-0.25, -0.2) is 0 Å². The first kappa shape index (κ1) is 8.73. The minimum atomic E-state index is 0.716. The van der Waals surface area contributed by atoms with Crippen molar-refractivity contribution in [3.05, 3.63) is 33.7 Å². The molecule has 66 valence electrons. The molecule has 1 aromatic heterocycles. The van der Waals surface area contributed by atoms with Crippen molar-refractivity contribution in [2.45, 2.75) is 6.92 Å². The van der Waals surface area contributed by atoms with Gasteiger partial charge in [0.1, 0.15) is 6.29 Å². The molecule has 0 amide bonds. The van der Waals surface area contributed by atoms with Crippen molar-refractivity contribution in [2.24, 2.45) is 0 Å². The van der Waals surface area contributed by atoms with E-state index >= 15 is 0 Å². The van der Waals surface area contributed by atoms with Crippen LogP contribution in [0, 0.1) is 6.92 Å². The number of carbonyl (C=O) groups is 1. The second-order valence-electron chi connectivity index (χ2n) is 2.91.